The van der Waals surface area contributed by atoms with E-state index in [1.165, 1.54) is 12.4 Å². The SMILES string of the molecule is NC(=O)C1CCCN(c2cncc(C(=O)O)n2)C1. The van der Waals surface area contributed by atoms with E-state index in [-0.39, 0.29) is 17.5 Å². The van der Waals surface area contributed by atoms with Gasteiger partial charge in [-0.25, -0.2) is 9.78 Å². The molecule has 18 heavy (non-hydrogen) atoms. The number of aromatic nitrogens is 2. The van der Waals surface area contributed by atoms with Crippen LogP contribution in [0.4, 0.5) is 5.82 Å². The van der Waals surface area contributed by atoms with Crippen molar-refractivity contribution in [2.45, 2.75) is 12.8 Å². The second-order valence-corrected chi connectivity index (χ2v) is 4.26. The predicted molar refractivity (Wildman–Crippen MR) is 63.1 cm³/mol. The van der Waals surface area contributed by atoms with Crippen molar-refractivity contribution in [2.24, 2.45) is 11.7 Å². The van der Waals surface area contributed by atoms with Crippen molar-refractivity contribution in [2.75, 3.05) is 18.0 Å². The lowest BCUT2D eigenvalue weighted by atomic mass is 9.97. The standard InChI is InChI=1S/C11H14N4O3/c12-10(16)7-2-1-3-15(6-7)9-5-13-4-8(14-9)11(17)18/h4-5,7H,1-3,6H2,(H2,12,16)(H,17,18). The van der Waals surface area contributed by atoms with E-state index < -0.39 is 5.97 Å². The average Bonchev–Trinajstić information content (AvgIpc) is 2.39. The van der Waals surface area contributed by atoms with Gasteiger partial charge in [-0.2, -0.15) is 0 Å². The maximum Gasteiger partial charge on any atom is 0.356 e. The van der Waals surface area contributed by atoms with Crippen LogP contribution in [0.2, 0.25) is 0 Å². The second kappa shape index (κ2) is 4.99. The molecular formula is C11H14N4O3. The van der Waals surface area contributed by atoms with Crippen LogP contribution in [0.15, 0.2) is 12.4 Å². The van der Waals surface area contributed by atoms with Crippen molar-refractivity contribution in [1.29, 1.82) is 0 Å². The number of amides is 1. The molecule has 1 aromatic heterocycles. The Morgan fingerprint density at radius 1 is 1.44 bits per heavy atom. The maximum atomic E-state index is 11.2. The fourth-order valence-electron chi connectivity index (χ4n) is 2.03. The Kier molecular flexibility index (Phi) is 3.40. The molecule has 7 nitrogen and oxygen atoms in total. The molecule has 0 aromatic carbocycles. The van der Waals surface area contributed by atoms with Crippen molar-refractivity contribution < 1.29 is 14.7 Å². The minimum Gasteiger partial charge on any atom is -0.476 e. The second-order valence-electron chi connectivity index (χ2n) is 4.26. The van der Waals surface area contributed by atoms with Crippen molar-refractivity contribution >= 4 is 17.7 Å². The van der Waals surface area contributed by atoms with Gasteiger partial charge in [-0.05, 0) is 12.8 Å². The molecule has 2 heterocycles. The first-order chi connectivity index (χ1) is 8.58. The van der Waals surface area contributed by atoms with Crippen LogP contribution in [-0.4, -0.2) is 40.0 Å². The average molecular weight is 250 g/mol. The molecule has 1 unspecified atom stereocenters. The number of carbonyl (C=O) groups excluding carboxylic acids is 1. The van der Waals surface area contributed by atoms with E-state index >= 15 is 0 Å². The van der Waals surface area contributed by atoms with Gasteiger partial charge in [0.2, 0.25) is 5.91 Å². The van der Waals surface area contributed by atoms with Crippen molar-refractivity contribution in [3.8, 4) is 0 Å². The van der Waals surface area contributed by atoms with Crippen LogP contribution in [0.25, 0.3) is 0 Å². The molecule has 96 valence electrons. The summed E-state index contributed by atoms with van der Waals surface area (Å²) in [5.74, 6) is -1.19. The monoisotopic (exact) mass is 250 g/mol. The predicted octanol–water partition coefficient (Wildman–Crippen LogP) is -0.124. The van der Waals surface area contributed by atoms with Gasteiger partial charge in [0.1, 0.15) is 5.82 Å². The van der Waals surface area contributed by atoms with Gasteiger partial charge in [0.05, 0.1) is 18.3 Å². The number of aromatic carboxylic acids is 1. The highest BCUT2D eigenvalue weighted by atomic mass is 16.4. The van der Waals surface area contributed by atoms with E-state index in [2.05, 4.69) is 9.97 Å². The number of carboxylic acids is 1. The third-order valence-electron chi connectivity index (χ3n) is 2.99. The zero-order valence-corrected chi connectivity index (χ0v) is 9.74. The molecule has 3 N–H and O–H groups in total. The number of anilines is 1. The molecule has 1 saturated heterocycles. The van der Waals surface area contributed by atoms with E-state index in [9.17, 15) is 9.59 Å². The molecule has 0 spiro atoms. The summed E-state index contributed by atoms with van der Waals surface area (Å²) in [4.78, 5) is 31.7. The number of carbonyl (C=O) groups is 2. The molecule has 0 saturated carbocycles. The fourth-order valence-corrected chi connectivity index (χ4v) is 2.03. The lowest BCUT2D eigenvalue weighted by Gasteiger charge is -2.31. The Morgan fingerprint density at radius 3 is 2.89 bits per heavy atom. The van der Waals surface area contributed by atoms with E-state index in [1.54, 1.807) is 0 Å². The summed E-state index contributed by atoms with van der Waals surface area (Å²) in [7, 11) is 0. The van der Waals surface area contributed by atoms with E-state index in [0.717, 1.165) is 19.4 Å². The summed E-state index contributed by atoms with van der Waals surface area (Å²) >= 11 is 0. The number of nitrogens with zero attached hydrogens (tertiary/aromatic N) is 3. The Hall–Kier alpha value is -2.18. The summed E-state index contributed by atoms with van der Waals surface area (Å²) in [5, 5.41) is 8.85. The van der Waals surface area contributed by atoms with E-state index in [4.69, 9.17) is 10.8 Å². The number of hydrogen-bond donors (Lipinski definition) is 2. The normalized spacial score (nSPS) is 19.6. The van der Waals surface area contributed by atoms with Gasteiger partial charge < -0.3 is 15.7 Å². The van der Waals surface area contributed by atoms with Gasteiger partial charge >= 0.3 is 5.97 Å². The lowest BCUT2D eigenvalue weighted by molar-refractivity contribution is -0.122. The molecular weight excluding hydrogens is 236 g/mol. The third kappa shape index (κ3) is 2.55. The Balaban J connectivity index is 2.18. The first-order valence-corrected chi connectivity index (χ1v) is 5.67. The van der Waals surface area contributed by atoms with Crippen LogP contribution in [-0.2, 0) is 4.79 Å². The molecule has 1 atom stereocenters. The Bertz CT molecular complexity index is 477. The van der Waals surface area contributed by atoms with Crippen LogP contribution in [0.3, 0.4) is 0 Å². The zero-order valence-electron chi connectivity index (χ0n) is 9.74. The number of piperidine rings is 1. The molecule has 7 heteroatoms. The molecule has 1 aromatic rings. The quantitative estimate of drug-likeness (QED) is 0.773. The highest BCUT2D eigenvalue weighted by Gasteiger charge is 2.25. The van der Waals surface area contributed by atoms with Gasteiger partial charge in [-0.1, -0.05) is 0 Å². The first kappa shape index (κ1) is 12.3. The fraction of sp³-hybridized carbons (Fsp3) is 0.455. The summed E-state index contributed by atoms with van der Waals surface area (Å²) in [6.07, 6.45) is 4.28. The smallest absolute Gasteiger partial charge is 0.356 e. The summed E-state index contributed by atoms with van der Waals surface area (Å²) in [6.45, 7) is 1.19. The topological polar surface area (TPSA) is 109 Å². The van der Waals surface area contributed by atoms with Gasteiger partial charge in [0, 0.05) is 13.1 Å². The van der Waals surface area contributed by atoms with Crippen molar-refractivity contribution in [3.63, 3.8) is 0 Å². The highest BCUT2D eigenvalue weighted by Crippen LogP contribution is 2.20. The summed E-state index contributed by atoms with van der Waals surface area (Å²) in [5.41, 5.74) is 5.19. The molecule has 1 aliphatic heterocycles. The molecule has 0 aliphatic carbocycles. The first-order valence-electron chi connectivity index (χ1n) is 5.67. The molecule has 1 aliphatic rings. The Labute approximate surface area is 104 Å². The number of nitrogens with two attached hydrogens (primary N) is 1. The third-order valence-corrected chi connectivity index (χ3v) is 2.99. The van der Waals surface area contributed by atoms with Crippen LogP contribution < -0.4 is 10.6 Å². The molecule has 2 rings (SSSR count). The van der Waals surface area contributed by atoms with Crippen LogP contribution in [0, 0.1) is 5.92 Å². The van der Waals surface area contributed by atoms with Crippen LogP contribution in [0.1, 0.15) is 23.3 Å². The zero-order chi connectivity index (χ0) is 13.1. The number of hydrogen-bond acceptors (Lipinski definition) is 5. The summed E-state index contributed by atoms with van der Waals surface area (Å²) in [6, 6.07) is 0. The lowest BCUT2D eigenvalue weighted by Crippen LogP contribution is -2.41. The number of carboxylic acid groups (broad SMARTS) is 1. The van der Waals surface area contributed by atoms with Gasteiger partial charge in [0.25, 0.3) is 0 Å². The minimum atomic E-state index is -1.12. The molecule has 1 amide bonds. The largest absolute Gasteiger partial charge is 0.476 e. The maximum absolute atomic E-state index is 11.2. The van der Waals surface area contributed by atoms with Crippen molar-refractivity contribution in [3.05, 3.63) is 18.1 Å². The van der Waals surface area contributed by atoms with Crippen LogP contribution >= 0.6 is 0 Å². The highest BCUT2D eigenvalue weighted by molar-refractivity contribution is 5.85. The Morgan fingerprint density at radius 2 is 2.22 bits per heavy atom. The number of rotatable bonds is 3. The molecule has 0 radical (unpaired) electrons. The van der Waals surface area contributed by atoms with Gasteiger partial charge in [-0.15, -0.1) is 0 Å². The van der Waals surface area contributed by atoms with Gasteiger partial charge in [0.15, 0.2) is 5.69 Å². The number of primary amides is 1. The molecule has 1 fully saturated rings. The van der Waals surface area contributed by atoms with Crippen LogP contribution in [0.5, 0.6) is 0 Å². The van der Waals surface area contributed by atoms with Crippen molar-refractivity contribution in [1.82, 2.24) is 9.97 Å². The van der Waals surface area contributed by atoms with E-state index in [1.807, 2.05) is 4.90 Å². The van der Waals surface area contributed by atoms with Gasteiger partial charge in [-0.3, -0.25) is 9.78 Å². The minimum absolute atomic E-state index is 0.103. The summed E-state index contributed by atoms with van der Waals surface area (Å²) < 4.78 is 0. The molecule has 0 bridgehead atoms. The van der Waals surface area contributed by atoms with E-state index in [0.29, 0.717) is 12.4 Å².